The van der Waals surface area contributed by atoms with Crippen LogP contribution in [-0.2, 0) is 0 Å². The minimum Gasteiger partial charge on any atom is -0.0656 e. The van der Waals surface area contributed by atoms with Crippen molar-refractivity contribution < 1.29 is 0 Å². The summed E-state index contributed by atoms with van der Waals surface area (Å²) >= 11 is 0. The molecule has 0 aliphatic heterocycles. The SMILES string of the molecule is C[Si](c1ccccc1)(c1ccccc1)c1ccccc1.Cc1cc(C)c(C)c(C)c1.Cc1ccc(C)c(C)c1.Cc1ccc(C)c(C)c1.Cc1ccc([Si](C)(C)C)cc1.Cc1cccc(C)c1C.Cc1cccc(C)c1C.Cc1ccccc1C.Cc1ccccc1C. The van der Waals surface area contributed by atoms with Crippen molar-refractivity contribution in [2.24, 2.45) is 0 Å². The molecule has 11 aromatic rings. The predicted octanol–water partition coefficient (Wildman–Crippen LogP) is 23.3. The fraction of sp³-hybridized carbons (Fsp3) is 0.275. The zero-order valence-electron chi connectivity index (χ0n) is 62.2. The molecule has 2 heteroatoms. The van der Waals surface area contributed by atoms with Crippen molar-refractivity contribution in [2.75, 3.05) is 0 Å². The van der Waals surface area contributed by atoms with Crippen molar-refractivity contribution in [3.8, 4) is 0 Å². The molecule has 11 aromatic carbocycles. The number of hydrogen-bond donors (Lipinski definition) is 0. The van der Waals surface area contributed by atoms with Crippen LogP contribution in [-0.4, -0.2) is 16.1 Å². The molecule has 0 heterocycles. The van der Waals surface area contributed by atoms with E-state index in [0.29, 0.717) is 0 Å². The lowest BCUT2D eigenvalue weighted by Crippen LogP contribution is -2.64. The second kappa shape index (κ2) is 40.1. The smallest absolute Gasteiger partial charge is 0.0656 e. The summed E-state index contributed by atoms with van der Waals surface area (Å²) in [7, 11) is -2.93. The Hall–Kier alpha value is -8.15. The zero-order chi connectivity index (χ0) is 69.4. The quantitative estimate of drug-likeness (QED) is 0.122. The summed E-state index contributed by atoms with van der Waals surface area (Å²) in [5.74, 6) is 0. The van der Waals surface area contributed by atoms with Gasteiger partial charge in [-0.3, -0.25) is 0 Å². The van der Waals surface area contributed by atoms with Crippen molar-refractivity contribution in [1.29, 1.82) is 0 Å². The van der Waals surface area contributed by atoms with Gasteiger partial charge < -0.3 is 0 Å². The molecule has 0 saturated carbocycles. The van der Waals surface area contributed by atoms with Gasteiger partial charge in [-0.25, -0.2) is 0 Å². The number of hydrogen-bond acceptors (Lipinski definition) is 0. The average Bonchev–Trinajstić information content (AvgIpc) is 0.777. The molecule has 0 radical (unpaired) electrons. The van der Waals surface area contributed by atoms with Crippen molar-refractivity contribution in [2.45, 2.75) is 172 Å². The van der Waals surface area contributed by atoms with E-state index >= 15 is 0 Å². The Morgan fingerprint density at radius 3 is 0.624 bits per heavy atom. The molecule has 0 N–H and O–H groups in total. The highest BCUT2D eigenvalue weighted by Gasteiger charge is 2.33. The van der Waals surface area contributed by atoms with E-state index in [-0.39, 0.29) is 0 Å². The van der Waals surface area contributed by atoms with E-state index in [1.807, 2.05) is 0 Å². The fourth-order valence-corrected chi connectivity index (χ4v) is 14.8. The molecule has 93 heavy (non-hydrogen) atoms. The first-order chi connectivity index (χ1) is 43.9. The van der Waals surface area contributed by atoms with Gasteiger partial charge in [-0.05, 0) is 256 Å². The Morgan fingerprint density at radius 1 is 0.161 bits per heavy atom. The Labute approximate surface area is 570 Å². The van der Waals surface area contributed by atoms with Gasteiger partial charge in [0.15, 0.2) is 0 Å². The maximum Gasteiger partial charge on any atom is 0.145 e. The first-order valence-corrected chi connectivity index (χ1v) is 39.3. The van der Waals surface area contributed by atoms with E-state index < -0.39 is 16.1 Å². The van der Waals surface area contributed by atoms with Gasteiger partial charge >= 0.3 is 0 Å². The van der Waals surface area contributed by atoms with Crippen molar-refractivity contribution in [1.82, 2.24) is 0 Å². The minimum atomic E-state index is -1.88. The Morgan fingerprint density at radius 2 is 0.387 bits per heavy atom. The molecule has 0 aromatic heterocycles. The molecular weight excluding hydrogens is 1150 g/mol. The third kappa shape index (κ3) is 27.9. The van der Waals surface area contributed by atoms with Crippen LogP contribution in [0.25, 0.3) is 0 Å². The molecule has 0 aliphatic rings. The van der Waals surface area contributed by atoms with Crippen LogP contribution in [0.3, 0.4) is 0 Å². The normalized spacial score (nSPS) is 10.2. The molecule has 0 aliphatic carbocycles. The van der Waals surface area contributed by atoms with Crippen LogP contribution in [0.1, 0.15) is 117 Å². The standard InChI is InChI=1S/C19H18Si.C10H16Si.C10H14.4C9H12.2C8H10/c1-20(17-11-5-2-6-12-17,18-13-7-3-8-14-18)19-15-9-4-10-16-19;1-9-5-7-10(8-6-9)11(2,3)4;1-7-5-8(2)10(4)9(3)6-7;2*1-7-4-5-8(2)9(3)6-7;2*1-7-5-4-6-8(2)9(7)3;2*1-7-5-3-4-6-8(7)2/h2-16H,1H3;5-8H,1-4H3;5-6H,1-4H3;4*4-6H,1-3H3;2*3-6H,1-2H3. The van der Waals surface area contributed by atoms with Crippen LogP contribution in [0.2, 0.25) is 26.2 Å². The minimum absolute atomic E-state index is 1.06. The average molecular weight is 1270 g/mol. The van der Waals surface area contributed by atoms with Crippen molar-refractivity contribution in [3.63, 3.8) is 0 Å². The first kappa shape index (κ1) is 79.1. The van der Waals surface area contributed by atoms with Crippen LogP contribution < -0.4 is 20.7 Å². The molecule has 0 bridgehead atoms. The highest BCUT2D eigenvalue weighted by atomic mass is 28.3. The molecule has 11 rings (SSSR count). The van der Waals surface area contributed by atoms with E-state index in [1.165, 1.54) is 132 Å². The van der Waals surface area contributed by atoms with E-state index in [0.717, 1.165) is 0 Å². The highest BCUT2D eigenvalue weighted by Crippen LogP contribution is 2.16. The summed E-state index contributed by atoms with van der Waals surface area (Å²) in [5.41, 5.74) is 29.0. The molecule has 0 amide bonds. The second-order valence-corrected chi connectivity index (χ2v) is 35.8. The van der Waals surface area contributed by atoms with Crippen LogP contribution in [0, 0.1) is 145 Å². The van der Waals surface area contributed by atoms with E-state index in [9.17, 15) is 0 Å². The molecule has 0 unspecified atom stereocenters. The van der Waals surface area contributed by atoms with E-state index in [1.54, 1.807) is 5.19 Å². The Kier molecular flexibility index (Phi) is 34.1. The topological polar surface area (TPSA) is 0 Å². The summed E-state index contributed by atoms with van der Waals surface area (Å²) in [4.78, 5) is 0. The molecule has 0 spiro atoms. The predicted molar refractivity (Wildman–Crippen MR) is 424 cm³/mol. The summed E-state index contributed by atoms with van der Waals surface area (Å²) in [6.07, 6.45) is 0. The maximum absolute atomic E-state index is 2.44. The summed E-state index contributed by atoms with van der Waals surface area (Å²) in [6, 6.07) is 88.6. The van der Waals surface area contributed by atoms with Gasteiger partial charge in [-0.15, -0.1) is 0 Å². The van der Waals surface area contributed by atoms with Crippen LogP contribution in [0.5, 0.6) is 0 Å². The van der Waals surface area contributed by atoms with Gasteiger partial charge in [0.1, 0.15) is 8.07 Å². The third-order valence-electron chi connectivity index (χ3n) is 18.0. The van der Waals surface area contributed by atoms with Crippen LogP contribution in [0.15, 0.2) is 249 Å². The van der Waals surface area contributed by atoms with Gasteiger partial charge in [-0.1, -0.05) is 302 Å². The molecule has 0 fully saturated rings. The highest BCUT2D eigenvalue weighted by molar-refractivity contribution is 7.10. The molecule has 488 valence electrons. The summed E-state index contributed by atoms with van der Waals surface area (Å²) in [5, 5.41) is 5.91. The molecule has 0 saturated heterocycles. The van der Waals surface area contributed by atoms with Gasteiger partial charge in [0.2, 0.25) is 0 Å². The molecular formula is C91H116Si2. The molecule has 0 atom stereocenters. The van der Waals surface area contributed by atoms with Gasteiger partial charge in [0, 0.05) is 0 Å². The van der Waals surface area contributed by atoms with Crippen molar-refractivity contribution in [3.05, 3.63) is 366 Å². The summed E-state index contributed by atoms with van der Waals surface area (Å²) < 4.78 is 0. The Bertz CT molecular complexity index is 3590. The lowest BCUT2D eigenvalue weighted by molar-refractivity contribution is 1.23. The van der Waals surface area contributed by atoms with Gasteiger partial charge in [0.25, 0.3) is 0 Å². The van der Waals surface area contributed by atoms with E-state index in [2.05, 4.69) is 420 Å². The lowest BCUT2D eigenvalue weighted by atomic mass is 10.0. The summed E-state index contributed by atoms with van der Waals surface area (Å²) in [6.45, 7) is 54.5. The number of benzene rings is 11. The third-order valence-corrected chi connectivity index (χ3v) is 24.5. The second-order valence-electron chi connectivity index (χ2n) is 26.7. The van der Waals surface area contributed by atoms with Crippen molar-refractivity contribution >= 4 is 36.9 Å². The lowest BCUT2D eigenvalue weighted by Gasteiger charge is -2.29. The van der Waals surface area contributed by atoms with E-state index in [4.69, 9.17) is 0 Å². The van der Waals surface area contributed by atoms with Gasteiger partial charge in [-0.2, -0.15) is 0 Å². The largest absolute Gasteiger partial charge is 0.145 e. The molecule has 0 nitrogen and oxygen atoms in total. The van der Waals surface area contributed by atoms with Crippen LogP contribution in [0.4, 0.5) is 0 Å². The number of rotatable bonds is 4. The monoisotopic (exact) mass is 1260 g/mol. The first-order valence-electron chi connectivity index (χ1n) is 33.3. The Balaban J connectivity index is 0.000000279. The fourth-order valence-electron chi connectivity index (χ4n) is 10.0. The van der Waals surface area contributed by atoms with Crippen LogP contribution >= 0.6 is 0 Å². The zero-order valence-corrected chi connectivity index (χ0v) is 64.2. The maximum atomic E-state index is 2.44. The van der Waals surface area contributed by atoms with Gasteiger partial charge in [0.05, 0.1) is 8.07 Å². The number of aryl methyl sites for hydroxylation is 18.